The maximum Gasteiger partial charge on any atom is 0.307 e. The van der Waals surface area contributed by atoms with Crippen LogP contribution in [-0.4, -0.2) is 22.9 Å². The molecule has 2 unspecified atom stereocenters. The standard InChI is InChI=1S/C13H14N2O4/c1-6-4-7(11(14)16)2-3-10(6)15-12(17)8-5-9(8)13(18)19/h2-4,8-9H,5H2,1H3,(H2,14,16)(H,15,17)(H,18,19). The number of carboxylic acids is 1. The van der Waals surface area contributed by atoms with Crippen molar-refractivity contribution in [1.82, 2.24) is 0 Å². The monoisotopic (exact) mass is 262 g/mol. The summed E-state index contributed by atoms with van der Waals surface area (Å²) in [5.74, 6) is -2.82. The van der Waals surface area contributed by atoms with Crippen molar-refractivity contribution in [2.24, 2.45) is 17.6 Å². The number of carboxylic acid groups (broad SMARTS) is 1. The van der Waals surface area contributed by atoms with Gasteiger partial charge in [0.2, 0.25) is 11.8 Å². The molecule has 1 aliphatic carbocycles. The van der Waals surface area contributed by atoms with Gasteiger partial charge in [-0.25, -0.2) is 0 Å². The number of primary amides is 1. The van der Waals surface area contributed by atoms with Crippen molar-refractivity contribution in [3.63, 3.8) is 0 Å². The van der Waals surface area contributed by atoms with Crippen LogP contribution in [0.2, 0.25) is 0 Å². The third-order valence-corrected chi connectivity index (χ3v) is 3.21. The summed E-state index contributed by atoms with van der Waals surface area (Å²) in [6.45, 7) is 1.74. The lowest BCUT2D eigenvalue weighted by Crippen LogP contribution is -2.18. The van der Waals surface area contributed by atoms with Crippen LogP contribution in [0.1, 0.15) is 22.3 Å². The number of hydrogen-bond donors (Lipinski definition) is 3. The van der Waals surface area contributed by atoms with E-state index in [4.69, 9.17) is 10.8 Å². The molecule has 0 aliphatic heterocycles. The first-order valence-electron chi connectivity index (χ1n) is 5.84. The maximum absolute atomic E-state index is 11.8. The highest BCUT2D eigenvalue weighted by molar-refractivity contribution is 5.99. The molecule has 0 heterocycles. The average Bonchev–Trinajstić information content (AvgIpc) is 3.11. The predicted octanol–water partition coefficient (Wildman–Crippen LogP) is 0.753. The summed E-state index contributed by atoms with van der Waals surface area (Å²) < 4.78 is 0. The van der Waals surface area contributed by atoms with Gasteiger partial charge in [0.15, 0.2) is 0 Å². The molecule has 0 aromatic heterocycles. The zero-order valence-electron chi connectivity index (χ0n) is 10.3. The third kappa shape index (κ3) is 2.73. The molecule has 1 aromatic rings. The van der Waals surface area contributed by atoms with Gasteiger partial charge in [0.05, 0.1) is 11.8 Å². The summed E-state index contributed by atoms with van der Waals surface area (Å²) >= 11 is 0. The first-order valence-corrected chi connectivity index (χ1v) is 5.84. The third-order valence-electron chi connectivity index (χ3n) is 3.21. The molecule has 0 bridgehead atoms. The minimum atomic E-state index is -0.944. The van der Waals surface area contributed by atoms with E-state index < -0.39 is 23.7 Å². The minimum absolute atomic E-state index is 0.303. The number of benzene rings is 1. The number of nitrogens with two attached hydrogens (primary N) is 1. The van der Waals surface area contributed by atoms with Crippen LogP contribution in [0.15, 0.2) is 18.2 Å². The van der Waals surface area contributed by atoms with E-state index in [0.29, 0.717) is 23.2 Å². The molecule has 6 heteroatoms. The lowest BCUT2D eigenvalue weighted by atomic mass is 10.1. The van der Waals surface area contributed by atoms with Crippen molar-refractivity contribution in [3.05, 3.63) is 29.3 Å². The molecule has 2 amide bonds. The van der Waals surface area contributed by atoms with Crippen LogP contribution in [0.5, 0.6) is 0 Å². The zero-order valence-corrected chi connectivity index (χ0v) is 10.3. The highest BCUT2D eigenvalue weighted by atomic mass is 16.4. The quantitative estimate of drug-likeness (QED) is 0.743. The molecule has 2 atom stereocenters. The molecule has 2 rings (SSSR count). The van der Waals surface area contributed by atoms with Gasteiger partial charge in [0, 0.05) is 11.3 Å². The first kappa shape index (κ1) is 13.1. The molecular weight excluding hydrogens is 248 g/mol. The van der Waals surface area contributed by atoms with Gasteiger partial charge in [-0.2, -0.15) is 0 Å². The minimum Gasteiger partial charge on any atom is -0.481 e. The number of anilines is 1. The molecule has 1 fully saturated rings. The second kappa shape index (κ2) is 4.72. The van der Waals surface area contributed by atoms with Crippen LogP contribution in [-0.2, 0) is 9.59 Å². The Balaban J connectivity index is 2.06. The molecule has 19 heavy (non-hydrogen) atoms. The van der Waals surface area contributed by atoms with Gasteiger partial charge in [-0.15, -0.1) is 0 Å². The van der Waals surface area contributed by atoms with E-state index in [1.165, 1.54) is 6.07 Å². The molecule has 0 saturated heterocycles. The number of hydrogen-bond acceptors (Lipinski definition) is 3. The van der Waals surface area contributed by atoms with Crippen LogP contribution < -0.4 is 11.1 Å². The summed E-state index contributed by atoms with van der Waals surface area (Å²) in [5.41, 5.74) is 6.79. The molecular formula is C13H14N2O4. The molecule has 1 saturated carbocycles. The molecule has 6 nitrogen and oxygen atoms in total. The summed E-state index contributed by atoms with van der Waals surface area (Å²) in [4.78, 5) is 33.5. The smallest absolute Gasteiger partial charge is 0.307 e. The summed E-state index contributed by atoms with van der Waals surface area (Å²) in [6.07, 6.45) is 0.375. The van der Waals surface area contributed by atoms with E-state index in [0.717, 1.165) is 0 Å². The summed E-state index contributed by atoms with van der Waals surface area (Å²) in [6, 6.07) is 4.69. The predicted molar refractivity (Wildman–Crippen MR) is 67.6 cm³/mol. The molecule has 100 valence electrons. The Morgan fingerprint density at radius 2 is 2.00 bits per heavy atom. The number of rotatable bonds is 4. The van der Waals surface area contributed by atoms with E-state index in [-0.39, 0.29) is 5.91 Å². The van der Waals surface area contributed by atoms with Crippen molar-refractivity contribution >= 4 is 23.5 Å². The van der Waals surface area contributed by atoms with Crippen molar-refractivity contribution in [2.75, 3.05) is 5.32 Å². The Morgan fingerprint density at radius 1 is 1.32 bits per heavy atom. The number of nitrogens with one attached hydrogen (secondary N) is 1. The lowest BCUT2D eigenvalue weighted by molar-refractivity contribution is -0.139. The van der Waals surface area contributed by atoms with Gasteiger partial charge in [-0.1, -0.05) is 0 Å². The highest BCUT2D eigenvalue weighted by Crippen LogP contribution is 2.39. The number of aryl methyl sites for hydroxylation is 1. The van der Waals surface area contributed by atoms with Gasteiger partial charge in [-0.3, -0.25) is 14.4 Å². The SMILES string of the molecule is Cc1cc(C(N)=O)ccc1NC(=O)C1CC1C(=O)O. The van der Waals surface area contributed by atoms with Gasteiger partial charge >= 0.3 is 5.97 Å². The second-order valence-electron chi connectivity index (χ2n) is 4.67. The van der Waals surface area contributed by atoms with Crippen LogP contribution in [0.25, 0.3) is 0 Å². The van der Waals surface area contributed by atoms with Gasteiger partial charge < -0.3 is 16.2 Å². The Morgan fingerprint density at radius 3 is 2.47 bits per heavy atom. The van der Waals surface area contributed by atoms with Gasteiger partial charge in [-0.05, 0) is 37.1 Å². The Bertz CT molecular complexity index is 568. The molecule has 0 radical (unpaired) electrons. The van der Waals surface area contributed by atoms with Gasteiger partial charge in [0.1, 0.15) is 0 Å². The van der Waals surface area contributed by atoms with Crippen molar-refractivity contribution < 1.29 is 19.5 Å². The van der Waals surface area contributed by atoms with E-state index in [2.05, 4.69) is 5.32 Å². The number of amides is 2. The molecule has 0 spiro atoms. The second-order valence-corrected chi connectivity index (χ2v) is 4.67. The number of aliphatic carboxylic acids is 1. The highest BCUT2D eigenvalue weighted by Gasteiger charge is 2.48. The van der Waals surface area contributed by atoms with Crippen LogP contribution >= 0.6 is 0 Å². The fourth-order valence-corrected chi connectivity index (χ4v) is 1.94. The van der Waals surface area contributed by atoms with Crippen molar-refractivity contribution in [1.29, 1.82) is 0 Å². The fraction of sp³-hybridized carbons (Fsp3) is 0.308. The maximum atomic E-state index is 11.8. The van der Waals surface area contributed by atoms with Crippen LogP contribution in [0, 0.1) is 18.8 Å². The largest absolute Gasteiger partial charge is 0.481 e. The number of carbonyl (C=O) groups excluding carboxylic acids is 2. The topological polar surface area (TPSA) is 109 Å². The Hall–Kier alpha value is -2.37. The summed E-state index contributed by atoms with van der Waals surface area (Å²) in [7, 11) is 0. The zero-order chi connectivity index (χ0) is 14.2. The Kier molecular flexibility index (Phi) is 3.25. The van der Waals surface area contributed by atoms with E-state index in [1.54, 1.807) is 19.1 Å². The number of carbonyl (C=O) groups is 3. The van der Waals surface area contributed by atoms with Crippen LogP contribution in [0.3, 0.4) is 0 Å². The lowest BCUT2D eigenvalue weighted by Gasteiger charge is -2.09. The van der Waals surface area contributed by atoms with Gasteiger partial charge in [0.25, 0.3) is 0 Å². The molecule has 4 N–H and O–H groups in total. The van der Waals surface area contributed by atoms with Crippen molar-refractivity contribution in [3.8, 4) is 0 Å². The first-order chi connectivity index (χ1) is 8.90. The van der Waals surface area contributed by atoms with Crippen molar-refractivity contribution in [2.45, 2.75) is 13.3 Å². The fourth-order valence-electron chi connectivity index (χ4n) is 1.94. The normalized spacial score (nSPS) is 20.7. The molecule has 1 aliphatic rings. The van der Waals surface area contributed by atoms with E-state index in [9.17, 15) is 14.4 Å². The van der Waals surface area contributed by atoms with Crippen LogP contribution in [0.4, 0.5) is 5.69 Å². The van der Waals surface area contributed by atoms with E-state index >= 15 is 0 Å². The average molecular weight is 262 g/mol. The Labute approximate surface area is 109 Å². The summed E-state index contributed by atoms with van der Waals surface area (Å²) in [5, 5.41) is 11.4. The van der Waals surface area contributed by atoms with E-state index in [1.807, 2.05) is 0 Å². The molecule has 1 aromatic carbocycles.